The van der Waals surface area contributed by atoms with Gasteiger partial charge in [0.2, 0.25) is 0 Å². The summed E-state index contributed by atoms with van der Waals surface area (Å²) in [6.07, 6.45) is 0. The first-order chi connectivity index (χ1) is 9.99. The number of carbonyl (C=O) groups excluding carboxylic acids is 1. The Labute approximate surface area is 131 Å². The number of nitrogen functional groups attached to an aromatic ring is 1. The van der Waals surface area contributed by atoms with Gasteiger partial charge in [0.25, 0.3) is 0 Å². The van der Waals surface area contributed by atoms with Crippen LogP contribution in [0.1, 0.15) is 5.56 Å². The number of aryl methyl sites for hydroxylation is 1. The number of rotatable bonds is 3. The van der Waals surface area contributed by atoms with Crippen LogP contribution in [0.15, 0.2) is 40.9 Å². The lowest BCUT2D eigenvalue weighted by atomic mass is 10.1. The minimum Gasteiger partial charge on any atom is -0.497 e. The summed E-state index contributed by atoms with van der Waals surface area (Å²) in [5.41, 5.74) is 8.53. The molecule has 0 bridgehead atoms. The van der Waals surface area contributed by atoms with E-state index in [-0.39, 0.29) is 6.03 Å². The monoisotopic (exact) mass is 349 g/mol. The first-order valence-corrected chi connectivity index (χ1v) is 7.06. The van der Waals surface area contributed by atoms with Crippen LogP contribution in [-0.2, 0) is 0 Å². The number of halogens is 1. The molecular formula is C15H16BrN3O2. The van der Waals surface area contributed by atoms with Crippen LogP contribution in [0.25, 0.3) is 0 Å². The van der Waals surface area contributed by atoms with E-state index in [1.54, 1.807) is 37.4 Å². The summed E-state index contributed by atoms with van der Waals surface area (Å²) in [6.45, 7) is 1.88. The molecule has 0 aliphatic carbocycles. The highest BCUT2D eigenvalue weighted by molar-refractivity contribution is 9.10. The zero-order valence-electron chi connectivity index (χ0n) is 11.7. The van der Waals surface area contributed by atoms with Crippen molar-refractivity contribution in [2.24, 2.45) is 0 Å². The molecule has 0 heterocycles. The van der Waals surface area contributed by atoms with Crippen molar-refractivity contribution in [1.82, 2.24) is 0 Å². The van der Waals surface area contributed by atoms with Gasteiger partial charge in [0, 0.05) is 16.2 Å². The molecule has 0 saturated heterocycles. The number of hydrogen-bond acceptors (Lipinski definition) is 3. The van der Waals surface area contributed by atoms with Crippen LogP contribution < -0.4 is 21.1 Å². The number of carbonyl (C=O) groups is 1. The van der Waals surface area contributed by atoms with Crippen molar-refractivity contribution in [2.75, 3.05) is 23.5 Å². The van der Waals surface area contributed by atoms with Gasteiger partial charge in [-0.25, -0.2) is 4.79 Å². The quantitative estimate of drug-likeness (QED) is 0.733. The topological polar surface area (TPSA) is 76.4 Å². The summed E-state index contributed by atoms with van der Waals surface area (Å²) >= 11 is 3.36. The third-order valence-electron chi connectivity index (χ3n) is 2.90. The maximum atomic E-state index is 12.0. The van der Waals surface area contributed by atoms with Gasteiger partial charge >= 0.3 is 6.03 Å². The van der Waals surface area contributed by atoms with E-state index in [4.69, 9.17) is 10.5 Å². The Morgan fingerprint density at radius 3 is 2.67 bits per heavy atom. The lowest BCUT2D eigenvalue weighted by Gasteiger charge is -2.13. The lowest BCUT2D eigenvalue weighted by molar-refractivity contribution is 0.262. The van der Waals surface area contributed by atoms with Gasteiger partial charge in [0.05, 0.1) is 18.5 Å². The molecule has 110 valence electrons. The Balaban J connectivity index is 2.12. The fourth-order valence-corrected chi connectivity index (χ4v) is 2.51. The van der Waals surface area contributed by atoms with Crippen molar-refractivity contribution >= 4 is 39.0 Å². The molecule has 0 aliphatic rings. The third-order valence-corrected chi connectivity index (χ3v) is 3.35. The molecule has 0 atom stereocenters. The SMILES string of the molecule is COc1cccc(NC(=O)Nc2c(C)cc(Br)cc2N)c1. The van der Waals surface area contributed by atoms with Crippen LogP contribution in [0.5, 0.6) is 5.75 Å². The van der Waals surface area contributed by atoms with Gasteiger partial charge in [0.15, 0.2) is 0 Å². The predicted molar refractivity (Wildman–Crippen MR) is 88.9 cm³/mol. The predicted octanol–water partition coefficient (Wildman–Crippen LogP) is 3.99. The molecule has 0 fully saturated rings. The minimum absolute atomic E-state index is 0.361. The first-order valence-electron chi connectivity index (χ1n) is 6.27. The van der Waals surface area contributed by atoms with Gasteiger partial charge in [-0.3, -0.25) is 0 Å². The average molecular weight is 350 g/mol. The maximum absolute atomic E-state index is 12.0. The summed E-state index contributed by atoms with van der Waals surface area (Å²) in [6, 6.07) is 10.4. The van der Waals surface area contributed by atoms with E-state index in [9.17, 15) is 4.79 Å². The van der Waals surface area contributed by atoms with Crippen LogP contribution in [0.3, 0.4) is 0 Å². The third kappa shape index (κ3) is 3.88. The largest absolute Gasteiger partial charge is 0.497 e. The molecule has 2 amide bonds. The molecule has 4 N–H and O–H groups in total. The van der Waals surface area contributed by atoms with Crippen molar-refractivity contribution in [3.63, 3.8) is 0 Å². The zero-order chi connectivity index (χ0) is 15.4. The standard InChI is InChI=1S/C15H16BrN3O2/c1-9-6-10(16)7-13(17)14(9)19-15(20)18-11-4-3-5-12(8-11)21-2/h3-8H,17H2,1-2H3,(H2,18,19,20). The molecule has 0 unspecified atom stereocenters. The number of nitrogens with one attached hydrogen (secondary N) is 2. The highest BCUT2D eigenvalue weighted by Gasteiger charge is 2.09. The van der Waals surface area contributed by atoms with Gasteiger partial charge in [0.1, 0.15) is 5.75 Å². The number of nitrogens with two attached hydrogens (primary N) is 1. The van der Waals surface area contributed by atoms with Crippen LogP contribution >= 0.6 is 15.9 Å². The molecule has 2 aromatic carbocycles. The van der Waals surface area contributed by atoms with E-state index < -0.39 is 0 Å². The Morgan fingerprint density at radius 1 is 1.24 bits per heavy atom. The minimum atomic E-state index is -0.361. The number of benzene rings is 2. The first kappa shape index (κ1) is 15.2. The number of anilines is 3. The Kier molecular flexibility index (Phi) is 4.70. The van der Waals surface area contributed by atoms with E-state index in [1.165, 1.54) is 0 Å². The summed E-state index contributed by atoms with van der Waals surface area (Å²) in [5.74, 6) is 0.673. The normalized spacial score (nSPS) is 10.0. The maximum Gasteiger partial charge on any atom is 0.323 e. The number of hydrogen-bond donors (Lipinski definition) is 3. The number of ether oxygens (including phenoxy) is 1. The highest BCUT2D eigenvalue weighted by atomic mass is 79.9. The fraction of sp³-hybridized carbons (Fsp3) is 0.133. The van der Waals surface area contributed by atoms with Crippen molar-refractivity contribution in [3.05, 3.63) is 46.4 Å². The summed E-state index contributed by atoms with van der Waals surface area (Å²) < 4.78 is 5.98. The van der Waals surface area contributed by atoms with Crippen LogP contribution in [0.4, 0.5) is 21.9 Å². The molecule has 0 saturated carbocycles. The second-order valence-corrected chi connectivity index (χ2v) is 5.41. The van der Waals surface area contributed by atoms with Crippen molar-refractivity contribution in [3.8, 4) is 5.75 Å². The van der Waals surface area contributed by atoms with E-state index >= 15 is 0 Å². The zero-order valence-corrected chi connectivity index (χ0v) is 13.3. The van der Waals surface area contributed by atoms with Crippen molar-refractivity contribution in [1.29, 1.82) is 0 Å². The van der Waals surface area contributed by atoms with Gasteiger partial charge in [-0.1, -0.05) is 22.0 Å². The molecule has 2 rings (SSSR count). The highest BCUT2D eigenvalue weighted by Crippen LogP contribution is 2.28. The van der Waals surface area contributed by atoms with Gasteiger partial charge in [-0.05, 0) is 36.8 Å². The Hall–Kier alpha value is -2.21. The van der Waals surface area contributed by atoms with Crippen molar-refractivity contribution in [2.45, 2.75) is 6.92 Å². The molecule has 2 aromatic rings. The second-order valence-electron chi connectivity index (χ2n) is 4.50. The number of urea groups is 1. The lowest BCUT2D eigenvalue weighted by Crippen LogP contribution is -2.20. The summed E-state index contributed by atoms with van der Waals surface area (Å²) in [4.78, 5) is 12.0. The van der Waals surface area contributed by atoms with Crippen LogP contribution in [-0.4, -0.2) is 13.1 Å². The Morgan fingerprint density at radius 2 is 2.00 bits per heavy atom. The van der Waals surface area contributed by atoms with E-state index in [0.29, 0.717) is 22.8 Å². The Bertz CT molecular complexity index is 651. The molecule has 0 spiro atoms. The van der Waals surface area contributed by atoms with E-state index in [1.807, 2.05) is 13.0 Å². The molecular weight excluding hydrogens is 334 g/mol. The molecule has 21 heavy (non-hydrogen) atoms. The molecule has 0 aliphatic heterocycles. The smallest absolute Gasteiger partial charge is 0.323 e. The van der Waals surface area contributed by atoms with Crippen LogP contribution in [0.2, 0.25) is 0 Å². The van der Waals surface area contributed by atoms with Crippen LogP contribution in [0, 0.1) is 6.92 Å². The van der Waals surface area contributed by atoms with Gasteiger partial charge in [-0.2, -0.15) is 0 Å². The number of amides is 2. The second kappa shape index (κ2) is 6.49. The summed E-state index contributed by atoms with van der Waals surface area (Å²) in [7, 11) is 1.57. The molecule has 0 aromatic heterocycles. The van der Waals surface area contributed by atoms with Gasteiger partial charge < -0.3 is 21.1 Å². The number of methoxy groups -OCH3 is 1. The van der Waals surface area contributed by atoms with Crippen molar-refractivity contribution < 1.29 is 9.53 Å². The summed E-state index contributed by atoms with van der Waals surface area (Å²) in [5, 5.41) is 5.49. The van der Waals surface area contributed by atoms with E-state index in [0.717, 1.165) is 10.0 Å². The average Bonchev–Trinajstić information content (AvgIpc) is 2.43. The fourth-order valence-electron chi connectivity index (χ4n) is 1.92. The molecule has 6 heteroatoms. The van der Waals surface area contributed by atoms with E-state index in [2.05, 4.69) is 26.6 Å². The van der Waals surface area contributed by atoms with Gasteiger partial charge in [-0.15, -0.1) is 0 Å². The molecule has 0 radical (unpaired) electrons. The molecule has 5 nitrogen and oxygen atoms in total.